The molecule has 0 spiro atoms. The number of nitrogen functional groups attached to an aromatic ring is 1. The van der Waals surface area contributed by atoms with E-state index in [4.69, 9.17) is 17.2 Å². The van der Waals surface area contributed by atoms with Gasteiger partial charge in [0, 0.05) is 11.3 Å². The van der Waals surface area contributed by atoms with E-state index in [1.54, 1.807) is 6.07 Å². The molecule has 3 heteroatoms. The molecule has 86 valence electrons. The van der Waals surface area contributed by atoms with Crippen LogP contribution in [0.25, 0.3) is 11.4 Å². The van der Waals surface area contributed by atoms with Crippen LogP contribution in [0.3, 0.4) is 0 Å². The van der Waals surface area contributed by atoms with E-state index in [0.29, 0.717) is 17.1 Å². The summed E-state index contributed by atoms with van der Waals surface area (Å²) in [6.45, 7) is 0. The molecule has 0 radical (unpaired) electrons. The summed E-state index contributed by atoms with van der Waals surface area (Å²) < 4.78 is 0. The lowest BCUT2D eigenvalue weighted by Crippen LogP contribution is -2.09. The van der Waals surface area contributed by atoms with Crippen LogP contribution in [0.1, 0.15) is 11.1 Å². The highest BCUT2D eigenvalue weighted by Gasteiger charge is 2.07. The largest absolute Gasteiger partial charge is 0.398 e. The highest BCUT2D eigenvalue weighted by molar-refractivity contribution is 5.90. The number of anilines is 1. The van der Waals surface area contributed by atoms with E-state index in [-0.39, 0.29) is 0 Å². The Bertz CT molecular complexity index is 544. The minimum absolute atomic E-state index is 0.509. The molecule has 3 nitrogen and oxygen atoms in total. The zero-order valence-electron chi connectivity index (χ0n) is 9.43. The predicted molar refractivity (Wildman–Crippen MR) is 72.5 cm³/mol. The third-order valence-corrected chi connectivity index (χ3v) is 2.63. The minimum Gasteiger partial charge on any atom is -0.398 e. The SMILES string of the molecule is NC(=C(N)c1ccccc1N)c1ccccc1. The summed E-state index contributed by atoms with van der Waals surface area (Å²) in [7, 11) is 0. The zero-order valence-corrected chi connectivity index (χ0v) is 9.43. The number of hydrogen-bond acceptors (Lipinski definition) is 3. The van der Waals surface area contributed by atoms with Crippen molar-refractivity contribution in [3.63, 3.8) is 0 Å². The smallest absolute Gasteiger partial charge is 0.0648 e. The minimum atomic E-state index is 0.509. The molecule has 0 aliphatic rings. The van der Waals surface area contributed by atoms with Crippen LogP contribution in [0.5, 0.6) is 0 Å². The van der Waals surface area contributed by atoms with Crippen molar-refractivity contribution >= 4 is 17.1 Å². The molecule has 0 saturated carbocycles. The van der Waals surface area contributed by atoms with Crippen LogP contribution >= 0.6 is 0 Å². The average molecular weight is 225 g/mol. The Morgan fingerprint density at radius 3 is 1.94 bits per heavy atom. The topological polar surface area (TPSA) is 78.1 Å². The lowest BCUT2D eigenvalue weighted by Gasteiger charge is -2.10. The molecule has 0 aromatic heterocycles. The van der Waals surface area contributed by atoms with Crippen LogP contribution in [0.4, 0.5) is 5.69 Å². The fourth-order valence-corrected chi connectivity index (χ4v) is 1.66. The van der Waals surface area contributed by atoms with E-state index in [2.05, 4.69) is 0 Å². The third kappa shape index (κ3) is 2.23. The van der Waals surface area contributed by atoms with Gasteiger partial charge in [-0.3, -0.25) is 0 Å². The van der Waals surface area contributed by atoms with Crippen molar-refractivity contribution in [1.29, 1.82) is 0 Å². The molecule has 6 N–H and O–H groups in total. The van der Waals surface area contributed by atoms with E-state index in [1.807, 2.05) is 48.5 Å². The quantitative estimate of drug-likeness (QED) is 0.540. The molecule has 0 bridgehead atoms. The Kier molecular flexibility index (Phi) is 3.01. The normalized spacial score (nSPS) is 12.0. The van der Waals surface area contributed by atoms with Crippen LogP contribution in [-0.4, -0.2) is 0 Å². The Balaban J connectivity index is 2.50. The molecule has 2 rings (SSSR count). The average Bonchev–Trinajstić information content (AvgIpc) is 2.39. The second kappa shape index (κ2) is 4.61. The lowest BCUT2D eigenvalue weighted by molar-refractivity contribution is 1.45. The van der Waals surface area contributed by atoms with Gasteiger partial charge in [0.15, 0.2) is 0 Å². The molecule has 0 atom stereocenters. The second-order valence-corrected chi connectivity index (χ2v) is 3.78. The molecule has 0 fully saturated rings. The maximum atomic E-state index is 6.05. The summed E-state index contributed by atoms with van der Waals surface area (Å²) in [5.74, 6) is 0. The summed E-state index contributed by atoms with van der Waals surface area (Å²) in [4.78, 5) is 0. The first-order valence-corrected chi connectivity index (χ1v) is 5.35. The van der Waals surface area contributed by atoms with E-state index >= 15 is 0 Å². The fourth-order valence-electron chi connectivity index (χ4n) is 1.66. The van der Waals surface area contributed by atoms with Crippen LogP contribution in [-0.2, 0) is 0 Å². The van der Waals surface area contributed by atoms with E-state index in [0.717, 1.165) is 11.1 Å². The lowest BCUT2D eigenvalue weighted by atomic mass is 10.0. The molecular weight excluding hydrogens is 210 g/mol. The van der Waals surface area contributed by atoms with Crippen LogP contribution in [0.15, 0.2) is 54.6 Å². The summed E-state index contributed by atoms with van der Waals surface area (Å²) >= 11 is 0. The molecule has 0 aliphatic carbocycles. The van der Waals surface area contributed by atoms with Crippen LogP contribution in [0.2, 0.25) is 0 Å². The number of nitrogens with two attached hydrogens (primary N) is 3. The van der Waals surface area contributed by atoms with Gasteiger partial charge >= 0.3 is 0 Å². The van der Waals surface area contributed by atoms with Crippen LogP contribution < -0.4 is 17.2 Å². The van der Waals surface area contributed by atoms with Crippen molar-refractivity contribution in [3.05, 3.63) is 65.7 Å². The van der Waals surface area contributed by atoms with E-state index in [1.165, 1.54) is 0 Å². The number of benzene rings is 2. The van der Waals surface area contributed by atoms with Gasteiger partial charge in [-0.05, 0) is 11.6 Å². The summed E-state index contributed by atoms with van der Waals surface area (Å²) in [5, 5.41) is 0. The van der Waals surface area contributed by atoms with Crippen molar-refractivity contribution < 1.29 is 0 Å². The first kappa shape index (κ1) is 11.1. The highest BCUT2D eigenvalue weighted by Crippen LogP contribution is 2.22. The van der Waals surface area contributed by atoms with Crippen molar-refractivity contribution in [2.45, 2.75) is 0 Å². The maximum absolute atomic E-state index is 6.05. The van der Waals surface area contributed by atoms with E-state index in [9.17, 15) is 0 Å². The van der Waals surface area contributed by atoms with Crippen molar-refractivity contribution in [1.82, 2.24) is 0 Å². The Labute approximate surface area is 101 Å². The first-order chi connectivity index (χ1) is 8.20. The number of rotatable bonds is 2. The Morgan fingerprint density at radius 1 is 0.706 bits per heavy atom. The zero-order chi connectivity index (χ0) is 12.3. The molecule has 2 aromatic rings. The molecule has 0 heterocycles. The standard InChI is InChI=1S/C14H15N3/c15-12-9-5-4-8-11(12)14(17)13(16)10-6-2-1-3-7-10/h1-9H,15-17H2. The molecule has 0 aliphatic heterocycles. The first-order valence-electron chi connectivity index (χ1n) is 5.35. The van der Waals surface area contributed by atoms with Gasteiger partial charge in [0.2, 0.25) is 0 Å². The van der Waals surface area contributed by atoms with Crippen LogP contribution in [0, 0.1) is 0 Å². The van der Waals surface area contributed by atoms with Crippen molar-refractivity contribution in [3.8, 4) is 0 Å². The molecule has 0 unspecified atom stereocenters. The Morgan fingerprint density at radius 2 is 1.29 bits per heavy atom. The number of hydrogen-bond donors (Lipinski definition) is 3. The Hall–Kier alpha value is -2.42. The molecule has 2 aromatic carbocycles. The molecule has 0 saturated heterocycles. The highest BCUT2D eigenvalue weighted by atomic mass is 14.7. The molecular formula is C14H15N3. The van der Waals surface area contributed by atoms with Gasteiger partial charge in [-0.25, -0.2) is 0 Å². The van der Waals surface area contributed by atoms with Gasteiger partial charge in [0.25, 0.3) is 0 Å². The number of para-hydroxylation sites is 1. The monoisotopic (exact) mass is 225 g/mol. The van der Waals surface area contributed by atoms with Crippen molar-refractivity contribution in [2.24, 2.45) is 11.5 Å². The van der Waals surface area contributed by atoms with Gasteiger partial charge in [0.05, 0.1) is 11.4 Å². The van der Waals surface area contributed by atoms with Gasteiger partial charge in [-0.15, -0.1) is 0 Å². The summed E-state index contributed by atoms with van der Waals surface area (Å²) in [6, 6.07) is 17.0. The third-order valence-electron chi connectivity index (χ3n) is 2.63. The predicted octanol–water partition coefficient (Wildman–Crippen LogP) is 2.01. The maximum Gasteiger partial charge on any atom is 0.0648 e. The van der Waals surface area contributed by atoms with Gasteiger partial charge in [-0.1, -0.05) is 48.5 Å². The molecule has 17 heavy (non-hydrogen) atoms. The second-order valence-electron chi connectivity index (χ2n) is 3.78. The fraction of sp³-hybridized carbons (Fsp3) is 0. The summed E-state index contributed by atoms with van der Waals surface area (Å²) in [6.07, 6.45) is 0. The van der Waals surface area contributed by atoms with Crippen molar-refractivity contribution in [2.75, 3.05) is 5.73 Å². The van der Waals surface area contributed by atoms with Gasteiger partial charge < -0.3 is 17.2 Å². The van der Waals surface area contributed by atoms with Gasteiger partial charge in [0.1, 0.15) is 0 Å². The van der Waals surface area contributed by atoms with E-state index < -0.39 is 0 Å². The molecule has 0 amide bonds. The van der Waals surface area contributed by atoms with Gasteiger partial charge in [-0.2, -0.15) is 0 Å². The summed E-state index contributed by atoms with van der Waals surface area (Å²) in [5.41, 5.74) is 21.3.